The highest BCUT2D eigenvalue weighted by Gasteiger charge is 2.45. The van der Waals surface area contributed by atoms with Crippen molar-refractivity contribution in [1.29, 1.82) is 0 Å². The number of nitrogens with zero attached hydrogens (tertiary/aromatic N) is 3. The summed E-state index contributed by atoms with van der Waals surface area (Å²) in [7, 11) is 4.57. The minimum Gasteiger partial charge on any atom is -0.493 e. The maximum Gasteiger partial charge on any atom is 0.314 e. The van der Waals surface area contributed by atoms with Gasteiger partial charge < -0.3 is 29.1 Å². The highest BCUT2D eigenvalue weighted by Crippen LogP contribution is 2.43. The predicted molar refractivity (Wildman–Crippen MR) is 169 cm³/mol. The fourth-order valence-corrected chi connectivity index (χ4v) is 6.94. The van der Waals surface area contributed by atoms with Crippen molar-refractivity contribution >= 4 is 35.1 Å². The molecule has 2 aromatic carbocycles. The molecule has 2 aliphatic heterocycles. The molecular weight excluding hydrogens is 605 g/mol. The molecule has 1 N–H and O–H groups in total. The van der Waals surface area contributed by atoms with E-state index < -0.39 is 11.4 Å². The van der Waals surface area contributed by atoms with Gasteiger partial charge in [0.1, 0.15) is 0 Å². The molecule has 0 spiro atoms. The van der Waals surface area contributed by atoms with Crippen LogP contribution >= 0.6 is 23.2 Å². The maximum atomic E-state index is 13.9. The molecule has 3 heterocycles. The zero-order valence-corrected chi connectivity index (χ0v) is 26.7. The Balaban J connectivity index is 1.36. The highest BCUT2D eigenvalue weighted by molar-refractivity contribution is 6.42. The first kappa shape index (κ1) is 31.9. The van der Waals surface area contributed by atoms with Gasteiger partial charge in [0.15, 0.2) is 11.5 Å². The third kappa shape index (κ3) is 6.05. The molecule has 1 atom stereocenters. The van der Waals surface area contributed by atoms with Gasteiger partial charge >= 0.3 is 5.97 Å². The number of aromatic nitrogens is 1. The second-order valence-electron chi connectivity index (χ2n) is 11.5. The van der Waals surface area contributed by atoms with Crippen molar-refractivity contribution in [3.05, 3.63) is 81.6 Å². The van der Waals surface area contributed by atoms with E-state index in [1.165, 1.54) is 21.3 Å². The average molecular weight is 643 g/mol. The number of aliphatic carboxylic acids is 1. The minimum absolute atomic E-state index is 0.133. The second-order valence-corrected chi connectivity index (χ2v) is 12.3. The van der Waals surface area contributed by atoms with Gasteiger partial charge in [-0.2, -0.15) is 0 Å². The first-order chi connectivity index (χ1) is 21.2. The van der Waals surface area contributed by atoms with Gasteiger partial charge in [0.05, 0.1) is 36.8 Å². The van der Waals surface area contributed by atoms with Crippen LogP contribution in [0.1, 0.15) is 47.2 Å². The molecule has 0 radical (unpaired) electrons. The highest BCUT2D eigenvalue weighted by atomic mass is 35.5. The number of hydrogen-bond acceptors (Lipinski definition) is 7. The van der Waals surface area contributed by atoms with Gasteiger partial charge in [-0.15, -0.1) is 0 Å². The molecule has 11 heteroatoms. The summed E-state index contributed by atoms with van der Waals surface area (Å²) < 4.78 is 16.4. The Morgan fingerprint density at radius 2 is 1.61 bits per heavy atom. The summed E-state index contributed by atoms with van der Waals surface area (Å²) in [6.45, 7) is 3.08. The Bertz CT molecular complexity index is 1490. The molecular formula is C33H37Cl2N3O6. The predicted octanol–water partition coefficient (Wildman–Crippen LogP) is 5.71. The SMILES string of the molecule is COc1cc(C(=O)N2CC[C@](CCN3CCC(C(=O)O)(c4cccnc4)CC3)(c3ccc(Cl)c(Cl)c3)C2)cc(OC)c1OC. The Kier molecular flexibility index (Phi) is 9.58. The van der Waals surface area contributed by atoms with E-state index >= 15 is 0 Å². The van der Waals surface area contributed by atoms with E-state index in [4.69, 9.17) is 37.4 Å². The Hall–Kier alpha value is -3.53. The van der Waals surface area contributed by atoms with Crippen LogP contribution in [0.5, 0.6) is 17.2 Å². The number of piperidine rings is 1. The van der Waals surface area contributed by atoms with Crippen LogP contribution in [0.15, 0.2) is 54.9 Å². The minimum atomic E-state index is -0.941. The van der Waals surface area contributed by atoms with E-state index in [2.05, 4.69) is 9.88 Å². The molecule has 2 fully saturated rings. The standard InChI is InChI=1S/C33H37Cl2N3O6/c1-42-27-17-22(18-28(43-2)29(27)44-3)30(39)38-16-9-32(21-38,23-6-7-25(34)26(35)19-23)8-13-37-14-10-33(11-15-37,31(40)41)24-5-4-12-36-20-24/h4-7,12,17-20H,8-11,13-16,21H2,1-3H3,(H,40,41)/t32-/m0/s1. The molecule has 2 saturated heterocycles. The Morgan fingerprint density at radius 3 is 2.18 bits per heavy atom. The summed E-state index contributed by atoms with van der Waals surface area (Å²) in [5.74, 6) is 0.314. The van der Waals surface area contributed by atoms with Gasteiger partial charge in [0, 0.05) is 36.5 Å². The first-order valence-electron chi connectivity index (χ1n) is 14.6. The number of likely N-dealkylation sites (tertiary alicyclic amines) is 2. The second kappa shape index (κ2) is 13.2. The van der Waals surface area contributed by atoms with Gasteiger partial charge in [-0.25, -0.2) is 0 Å². The number of carboxylic acid groups (broad SMARTS) is 1. The molecule has 2 aliphatic rings. The lowest BCUT2D eigenvalue weighted by molar-refractivity contribution is -0.146. The summed E-state index contributed by atoms with van der Waals surface area (Å²) in [6, 6.07) is 12.7. The molecule has 44 heavy (non-hydrogen) atoms. The third-order valence-corrected chi connectivity index (χ3v) is 10.1. The smallest absolute Gasteiger partial charge is 0.314 e. The molecule has 0 unspecified atom stereocenters. The summed E-state index contributed by atoms with van der Waals surface area (Å²) in [5.41, 5.74) is 0.912. The normalized spacial score (nSPS) is 19.9. The Labute approximate surface area is 267 Å². The molecule has 0 aliphatic carbocycles. The zero-order chi connectivity index (χ0) is 31.5. The third-order valence-electron chi connectivity index (χ3n) is 9.32. The van der Waals surface area contributed by atoms with Crippen LogP contribution in [0, 0.1) is 0 Å². The fraction of sp³-hybridized carbons (Fsp3) is 0.424. The van der Waals surface area contributed by atoms with Crippen LogP contribution in [0.3, 0.4) is 0 Å². The number of pyridine rings is 1. The van der Waals surface area contributed by atoms with Gasteiger partial charge in [0.25, 0.3) is 5.91 Å². The monoisotopic (exact) mass is 641 g/mol. The molecule has 1 amide bonds. The number of carbonyl (C=O) groups excluding carboxylic acids is 1. The molecule has 0 saturated carbocycles. The summed E-state index contributed by atoms with van der Waals surface area (Å²) in [6.07, 6.45) is 5.83. The van der Waals surface area contributed by atoms with Gasteiger partial charge in [-0.1, -0.05) is 35.3 Å². The van der Waals surface area contributed by atoms with Crippen molar-refractivity contribution in [1.82, 2.24) is 14.8 Å². The number of hydrogen-bond donors (Lipinski definition) is 1. The van der Waals surface area contributed by atoms with Crippen molar-refractivity contribution in [3.63, 3.8) is 0 Å². The molecule has 3 aromatic rings. The van der Waals surface area contributed by atoms with Crippen LogP contribution < -0.4 is 14.2 Å². The van der Waals surface area contributed by atoms with Gasteiger partial charge in [0.2, 0.25) is 5.75 Å². The van der Waals surface area contributed by atoms with E-state index in [-0.39, 0.29) is 11.3 Å². The fourth-order valence-electron chi connectivity index (χ4n) is 6.65. The number of carboxylic acids is 1. The maximum absolute atomic E-state index is 13.9. The van der Waals surface area contributed by atoms with Crippen molar-refractivity contribution in [2.24, 2.45) is 0 Å². The molecule has 1 aromatic heterocycles. The molecule has 234 valence electrons. The van der Waals surface area contributed by atoms with Crippen LogP contribution in [0.2, 0.25) is 10.0 Å². The van der Waals surface area contributed by atoms with E-state index in [1.54, 1.807) is 36.7 Å². The zero-order valence-electron chi connectivity index (χ0n) is 25.1. The van der Waals surface area contributed by atoms with Gasteiger partial charge in [-0.05, 0) is 86.8 Å². The number of ether oxygens (including phenoxy) is 3. The average Bonchev–Trinajstić information content (AvgIpc) is 3.50. The summed E-state index contributed by atoms with van der Waals surface area (Å²) >= 11 is 12.8. The van der Waals surface area contributed by atoms with Crippen LogP contribution in [-0.4, -0.2) is 85.8 Å². The molecule has 5 rings (SSSR count). The van der Waals surface area contributed by atoms with Gasteiger partial charge in [-0.3, -0.25) is 14.6 Å². The summed E-state index contributed by atoms with van der Waals surface area (Å²) in [4.78, 5) is 34.7. The van der Waals surface area contributed by atoms with Crippen LogP contribution in [-0.2, 0) is 15.6 Å². The largest absolute Gasteiger partial charge is 0.493 e. The van der Waals surface area contributed by atoms with E-state index in [9.17, 15) is 14.7 Å². The quantitative estimate of drug-likeness (QED) is 0.301. The number of amides is 1. The number of carbonyl (C=O) groups is 2. The molecule has 0 bridgehead atoms. The lowest BCUT2D eigenvalue weighted by Crippen LogP contribution is -2.48. The molecule has 9 nitrogen and oxygen atoms in total. The van der Waals surface area contributed by atoms with E-state index in [0.29, 0.717) is 71.9 Å². The van der Waals surface area contributed by atoms with Crippen molar-refractivity contribution in [2.75, 3.05) is 54.1 Å². The first-order valence-corrected chi connectivity index (χ1v) is 15.3. The lowest BCUT2D eigenvalue weighted by atomic mass is 9.73. The number of benzene rings is 2. The number of halogens is 2. The Morgan fingerprint density at radius 1 is 0.909 bits per heavy atom. The van der Waals surface area contributed by atoms with E-state index in [0.717, 1.165) is 30.5 Å². The lowest BCUT2D eigenvalue weighted by Gasteiger charge is -2.40. The number of methoxy groups -OCH3 is 3. The number of rotatable bonds is 10. The van der Waals surface area contributed by atoms with Crippen molar-refractivity contribution < 1.29 is 28.9 Å². The van der Waals surface area contributed by atoms with Crippen molar-refractivity contribution in [3.8, 4) is 17.2 Å². The van der Waals surface area contributed by atoms with Crippen molar-refractivity contribution in [2.45, 2.75) is 36.5 Å². The van der Waals surface area contributed by atoms with E-state index in [1.807, 2.05) is 23.1 Å². The van der Waals surface area contributed by atoms with Crippen LogP contribution in [0.4, 0.5) is 0 Å². The van der Waals surface area contributed by atoms with Crippen LogP contribution in [0.25, 0.3) is 0 Å². The summed E-state index contributed by atoms with van der Waals surface area (Å²) in [5, 5.41) is 11.2. The topological polar surface area (TPSA) is 101 Å².